The first-order valence-electron chi connectivity index (χ1n) is 7.33. The zero-order valence-electron chi connectivity index (χ0n) is 12.8. The molecule has 1 fully saturated rings. The van der Waals surface area contributed by atoms with Crippen LogP contribution in [0.25, 0.3) is 0 Å². The molecule has 1 N–H and O–H groups in total. The van der Waals surface area contributed by atoms with Crippen LogP contribution in [0, 0.1) is 5.92 Å². The van der Waals surface area contributed by atoms with E-state index in [0.29, 0.717) is 5.92 Å². The molecule has 0 radical (unpaired) electrons. The second-order valence-electron chi connectivity index (χ2n) is 5.73. The van der Waals surface area contributed by atoms with E-state index in [2.05, 4.69) is 49.5 Å². The normalized spacial score (nSPS) is 23.3. The Morgan fingerprint density at radius 2 is 2.25 bits per heavy atom. The number of likely N-dealkylation sites (N-methyl/N-ethyl adjacent to an activating group) is 1. The molecule has 2 heterocycles. The van der Waals surface area contributed by atoms with Crippen molar-refractivity contribution >= 4 is 17.2 Å². The highest BCUT2D eigenvalue weighted by Crippen LogP contribution is 2.30. The molecular formula is C15H25N3OS. The van der Waals surface area contributed by atoms with Crippen LogP contribution in [0.4, 0.5) is 0 Å². The van der Waals surface area contributed by atoms with Gasteiger partial charge in [0, 0.05) is 18.0 Å². The third kappa shape index (κ3) is 3.22. The maximum Gasteiger partial charge on any atom is 0.241 e. The maximum absolute atomic E-state index is 12.6. The minimum atomic E-state index is -0.0611. The molecule has 20 heavy (non-hydrogen) atoms. The zero-order chi connectivity index (χ0) is 14.7. The van der Waals surface area contributed by atoms with Crippen LogP contribution in [-0.4, -0.2) is 48.4 Å². The fraction of sp³-hybridized carbons (Fsp3) is 0.667. The molecule has 1 aromatic heterocycles. The third-order valence-corrected chi connectivity index (χ3v) is 4.86. The van der Waals surface area contributed by atoms with Crippen LogP contribution in [-0.2, 0) is 4.79 Å². The predicted molar refractivity (Wildman–Crippen MR) is 83.7 cm³/mol. The molecule has 1 aromatic rings. The molecule has 4 nitrogen and oxygen atoms in total. The quantitative estimate of drug-likeness (QED) is 0.873. The van der Waals surface area contributed by atoms with E-state index >= 15 is 0 Å². The predicted octanol–water partition coefficient (Wildman–Crippen LogP) is 2.15. The average molecular weight is 295 g/mol. The van der Waals surface area contributed by atoms with Crippen LogP contribution >= 0.6 is 11.3 Å². The largest absolute Gasteiger partial charge is 0.319 e. The number of thiophene rings is 1. The lowest BCUT2D eigenvalue weighted by Gasteiger charge is -2.25. The molecule has 0 bridgehead atoms. The summed E-state index contributed by atoms with van der Waals surface area (Å²) in [5, 5.41) is 5.57. The minimum Gasteiger partial charge on any atom is -0.319 e. The third-order valence-electron chi connectivity index (χ3n) is 3.94. The van der Waals surface area contributed by atoms with Crippen LogP contribution in [0.1, 0.15) is 31.8 Å². The van der Waals surface area contributed by atoms with Gasteiger partial charge in [0.05, 0.1) is 6.04 Å². The van der Waals surface area contributed by atoms with Crippen molar-refractivity contribution in [2.75, 3.05) is 26.7 Å². The number of amides is 1. The highest BCUT2D eigenvalue weighted by Gasteiger charge is 2.41. The molecule has 5 heteroatoms. The highest BCUT2D eigenvalue weighted by atomic mass is 32.1. The van der Waals surface area contributed by atoms with Crippen molar-refractivity contribution in [3.63, 3.8) is 0 Å². The Labute approximate surface area is 125 Å². The first-order chi connectivity index (χ1) is 9.54. The lowest BCUT2D eigenvalue weighted by Crippen LogP contribution is -2.38. The molecule has 0 spiro atoms. The van der Waals surface area contributed by atoms with Gasteiger partial charge in [0.15, 0.2) is 0 Å². The summed E-state index contributed by atoms with van der Waals surface area (Å²) < 4.78 is 0. The number of hydrogen-bond donors (Lipinski definition) is 1. The second-order valence-corrected chi connectivity index (χ2v) is 6.71. The van der Waals surface area contributed by atoms with Gasteiger partial charge in [0.1, 0.15) is 6.17 Å². The lowest BCUT2D eigenvalue weighted by molar-refractivity contribution is -0.130. The summed E-state index contributed by atoms with van der Waals surface area (Å²) in [5.74, 6) is 0.557. The fourth-order valence-corrected chi connectivity index (χ4v) is 3.27. The molecule has 2 unspecified atom stereocenters. The van der Waals surface area contributed by atoms with E-state index in [1.807, 2.05) is 11.0 Å². The van der Waals surface area contributed by atoms with Gasteiger partial charge in [-0.2, -0.15) is 0 Å². The van der Waals surface area contributed by atoms with Crippen molar-refractivity contribution in [1.29, 1.82) is 0 Å². The summed E-state index contributed by atoms with van der Waals surface area (Å²) in [5.41, 5.74) is 0. The summed E-state index contributed by atoms with van der Waals surface area (Å²) in [6.07, 6.45) is 0.0418. The van der Waals surface area contributed by atoms with Crippen LogP contribution in [0.2, 0.25) is 0 Å². The number of rotatable bonds is 6. The standard InChI is InChI=1S/C15H25N3OS/c1-5-17(4)8-9-18-14(12-7-6-10-20-12)16-13(11(2)3)15(18)19/h6-7,10-11,13-14,16H,5,8-9H2,1-4H3. The zero-order valence-corrected chi connectivity index (χ0v) is 13.6. The van der Waals surface area contributed by atoms with Gasteiger partial charge in [-0.1, -0.05) is 26.8 Å². The van der Waals surface area contributed by atoms with Crippen molar-refractivity contribution in [1.82, 2.24) is 15.1 Å². The van der Waals surface area contributed by atoms with Crippen LogP contribution in [0.5, 0.6) is 0 Å². The monoisotopic (exact) mass is 295 g/mol. The van der Waals surface area contributed by atoms with Gasteiger partial charge in [0.25, 0.3) is 0 Å². The first kappa shape index (κ1) is 15.5. The number of nitrogens with one attached hydrogen (secondary N) is 1. The van der Waals surface area contributed by atoms with Crippen molar-refractivity contribution in [3.8, 4) is 0 Å². The van der Waals surface area contributed by atoms with Crippen molar-refractivity contribution < 1.29 is 4.79 Å². The van der Waals surface area contributed by atoms with Gasteiger partial charge < -0.3 is 9.80 Å². The molecule has 0 aromatic carbocycles. The Balaban J connectivity index is 2.13. The molecular weight excluding hydrogens is 270 g/mol. The Bertz CT molecular complexity index is 432. The van der Waals surface area contributed by atoms with E-state index in [4.69, 9.17) is 0 Å². The van der Waals surface area contributed by atoms with E-state index in [1.54, 1.807) is 11.3 Å². The molecule has 1 aliphatic rings. The molecule has 2 rings (SSSR count). The number of hydrogen-bond acceptors (Lipinski definition) is 4. The summed E-state index contributed by atoms with van der Waals surface area (Å²) in [6.45, 7) is 9.04. The Kier molecular flexibility index (Phi) is 5.18. The minimum absolute atomic E-state index is 0.0418. The van der Waals surface area contributed by atoms with Crippen LogP contribution in [0.3, 0.4) is 0 Å². The summed E-state index contributed by atoms with van der Waals surface area (Å²) in [4.78, 5) is 18.1. The van der Waals surface area contributed by atoms with Gasteiger partial charge in [-0.25, -0.2) is 0 Å². The first-order valence-corrected chi connectivity index (χ1v) is 8.21. The Morgan fingerprint density at radius 1 is 1.50 bits per heavy atom. The number of carbonyl (C=O) groups excluding carboxylic acids is 1. The second kappa shape index (κ2) is 6.70. The van der Waals surface area contributed by atoms with Gasteiger partial charge in [-0.15, -0.1) is 11.3 Å². The van der Waals surface area contributed by atoms with Gasteiger partial charge >= 0.3 is 0 Å². The van der Waals surface area contributed by atoms with Crippen LogP contribution < -0.4 is 5.32 Å². The summed E-state index contributed by atoms with van der Waals surface area (Å²) in [6, 6.07) is 4.09. The molecule has 112 valence electrons. The number of carbonyl (C=O) groups is 1. The summed E-state index contributed by atoms with van der Waals surface area (Å²) >= 11 is 1.71. The van der Waals surface area contributed by atoms with Gasteiger partial charge in [-0.3, -0.25) is 10.1 Å². The van der Waals surface area contributed by atoms with E-state index in [-0.39, 0.29) is 18.1 Å². The fourth-order valence-electron chi connectivity index (χ4n) is 2.47. The Morgan fingerprint density at radius 3 is 2.80 bits per heavy atom. The molecule has 1 aliphatic heterocycles. The summed E-state index contributed by atoms with van der Waals surface area (Å²) in [7, 11) is 2.09. The molecule has 1 amide bonds. The van der Waals surface area contributed by atoms with Crippen molar-refractivity contribution in [2.45, 2.75) is 33.0 Å². The lowest BCUT2D eigenvalue weighted by atomic mass is 10.1. The maximum atomic E-state index is 12.6. The highest BCUT2D eigenvalue weighted by molar-refractivity contribution is 7.10. The Hall–Kier alpha value is -0.910. The number of nitrogens with zero attached hydrogens (tertiary/aromatic N) is 2. The van der Waals surface area contributed by atoms with Gasteiger partial charge in [-0.05, 0) is 31.0 Å². The molecule has 0 saturated carbocycles. The SMILES string of the molecule is CCN(C)CCN1C(=O)C(C(C)C)NC1c1cccs1. The van der Waals surface area contributed by atoms with Crippen molar-refractivity contribution in [3.05, 3.63) is 22.4 Å². The van der Waals surface area contributed by atoms with E-state index < -0.39 is 0 Å². The average Bonchev–Trinajstić information content (AvgIpc) is 3.03. The van der Waals surface area contributed by atoms with E-state index in [0.717, 1.165) is 19.6 Å². The molecule has 1 saturated heterocycles. The smallest absolute Gasteiger partial charge is 0.241 e. The van der Waals surface area contributed by atoms with Gasteiger partial charge in [0.2, 0.25) is 5.91 Å². The van der Waals surface area contributed by atoms with Crippen LogP contribution in [0.15, 0.2) is 17.5 Å². The molecule has 0 aliphatic carbocycles. The molecule has 2 atom stereocenters. The topological polar surface area (TPSA) is 35.6 Å². The van der Waals surface area contributed by atoms with E-state index in [9.17, 15) is 4.79 Å². The van der Waals surface area contributed by atoms with E-state index in [1.165, 1.54) is 4.88 Å². The van der Waals surface area contributed by atoms with Crippen molar-refractivity contribution in [2.24, 2.45) is 5.92 Å².